The molecule has 0 aromatic heterocycles. The first kappa shape index (κ1) is 20.8. The van der Waals surface area contributed by atoms with E-state index in [1.54, 1.807) is 12.1 Å². The van der Waals surface area contributed by atoms with Crippen LogP contribution in [0.25, 0.3) is 0 Å². The van der Waals surface area contributed by atoms with Crippen molar-refractivity contribution in [3.05, 3.63) is 81.5 Å². The zero-order chi connectivity index (χ0) is 22.1. The van der Waals surface area contributed by atoms with Crippen LogP contribution in [0.4, 0.5) is 11.4 Å². The Balaban J connectivity index is 1.75. The van der Waals surface area contributed by atoms with Crippen LogP contribution in [-0.2, 0) is 9.59 Å². The van der Waals surface area contributed by atoms with Crippen molar-refractivity contribution in [3.63, 3.8) is 0 Å². The number of carbonyl (C=O) groups is 2. The molecule has 1 aliphatic heterocycles. The Bertz CT molecular complexity index is 1060. The number of non-ortho nitro benzene ring substituents is 1. The molecule has 1 fully saturated rings. The van der Waals surface area contributed by atoms with Crippen LogP contribution >= 0.6 is 0 Å². The molecular weight excluding hydrogens is 394 g/mol. The van der Waals surface area contributed by atoms with Gasteiger partial charge in [0.15, 0.2) is 0 Å². The summed E-state index contributed by atoms with van der Waals surface area (Å²) in [7, 11) is 0. The summed E-state index contributed by atoms with van der Waals surface area (Å²) in [5, 5.41) is 17.5. The maximum absolute atomic E-state index is 13.5. The molecule has 0 radical (unpaired) electrons. The fourth-order valence-electron chi connectivity index (χ4n) is 4.78. The monoisotopic (exact) mass is 419 g/mol. The minimum absolute atomic E-state index is 0.0163. The second-order valence-corrected chi connectivity index (χ2v) is 8.28. The number of fused-ring (bicyclic) bond motifs is 1. The number of ketones is 1. The number of anilines is 1. The van der Waals surface area contributed by atoms with Gasteiger partial charge >= 0.3 is 0 Å². The smallest absolute Gasteiger partial charge is 0.269 e. The minimum Gasteiger partial charge on any atom is -0.385 e. The maximum atomic E-state index is 13.5. The summed E-state index contributed by atoms with van der Waals surface area (Å²) in [6.45, 7) is 3.87. The van der Waals surface area contributed by atoms with Crippen LogP contribution in [0.5, 0.6) is 0 Å². The molecule has 1 aliphatic carbocycles. The van der Waals surface area contributed by atoms with Gasteiger partial charge in [0.25, 0.3) is 5.69 Å². The van der Waals surface area contributed by atoms with Crippen LogP contribution < -0.4 is 10.6 Å². The number of nitro groups is 1. The maximum Gasteiger partial charge on any atom is 0.269 e. The third-order valence-electron chi connectivity index (χ3n) is 6.31. The summed E-state index contributed by atoms with van der Waals surface area (Å²) in [4.78, 5) is 37.1. The molecule has 160 valence electrons. The lowest BCUT2D eigenvalue weighted by Crippen LogP contribution is -2.53. The normalized spacial score (nSPS) is 25.1. The quantitative estimate of drug-likeness (QED) is 0.574. The summed E-state index contributed by atoms with van der Waals surface area (Å²) < 4.78 is 0. The molecule has 31 heavy (non-hydrogen) atoms. The van der Waals surface area contributed by atoms with E-state index in [2.05, 4.69) is 10.6 Å². The highest BCUT2D eigenvalue weighted by Crippen LogP contribution is 2.45. The number of hydrogen-bond acceptors (Lipinski definition) is 5. The molecule has 4 rings (SSSR count). The molecule has 2 aromatic carbocycles. The Morgan fingerprint density at radius 3 is 2.55 bits per heavy atom. The second kappa shape index (κ2) is 8.34. The number of aryl methyl sites for hydroxylation is 1. The Hall–Kier alpha value is -3.48. The van der Waals surface area contributed by atoms with Crippen molar-refractivity contribution in [2.45, 2.75) is 38.6 Å². The van der Waals surface area contributed by atoms with Gasteiger partial charge in [0.2, 0.25) is 5.91 Å². The van der Waals surface area contributed by atoms with Gasteiger partial charge in [-0.1, -0.05) is 36.4 Å². The average Bonchev–Trinajstić information content (AvgIpc) is 2.74. The average molecular weight is 419 g/mol. The van der Waals surface area contributed by atoms with E-state index in [-0.39, 0.29) is 23.4 Å². The molecule has 4 atom stereocenters. The van der Waals surface area contributed by atoms with Crippen molar-refractivity contribution in [1.82, 2.24) is 5.32 Å². The molecule has 2 aromatic rings. The van der Waals surface area contributed by atoms with Crippen molar-refractivity contribution in [1.29, 1.82) is 0 Å². The van der Waals surface area contributed by atoms with Crippen LogP contribution in [0, 0.1) is 28.9 Å². The van der Waals surface area contributed by atoms with Crippen molar-refractivity contribution in [2.75, 3.05) is 5.32 Å². The van der Waals surface area contributed by atoms with E-state index in [4.69, 9.17) is 0 Å². The second-order valence-electron chi connectivity index (χ2n) is 8.28. The van der Waals surface area contributed by atoms with E-state index >= 15 is 0 Å². The first-order chi connectivity index (χ1) is 14.9. The van der Waals surface area contributed by atoms with Crippen molar-refractivity contribution < 1.29 is 14.5 Å². The summed E-state index contributed by atoms with van der Waals surface area (Å²) in [6, 6.07) is 13.6. The predicted octanol–water partition coefficient (Wildman–Crippen LogP) is 4.10. The van der Waals surface area contributed by atoms with Crippen molar-refractivity contribution in [2.24, 2.45) is 11.8 Å². The van der Waals surface area contributed by atoms with Gasteiger partial charge in [-0.15, -0.1) is 0 Å². The fourth-order valence-corrected chi connectivity index (χ4v) is 4.78. The lowest BCUT2D eigenvalue weighted by molar-refractivity contribution is -0.384. The molecule has 0 spiro atoms. The molecule has 2 aliphatic rings. The van der Waals surface area contributed by atoms with Gasteiger partial charge in [-0.2, -0.15) is 0 Å². The Morgan fingerprint density at radius 2 is 1.87 bits per heavy atom. The van der Waals surface area contributed by atoms with Gasteiger partial charge in [0, 0.05) is 41.9 Å². The number of nitro benzene ring substituents is 1. The molecule has 4 unspecified atom stereocenters. The number of benzene rings is 2. The fraction of sp³-hybridized carbons (Fsp3) is 0.333. The number of nitrogens with zero attached hydrogens (tertiary/aromatic N) is 1. The van der Waals surface area contributed by atoms with Crippen LogP contribution in [0.1, 0.15) is 36.8 Å². The van der Waals surface area contributed by atoms with Gasteiger partial charge in [0.05, 0.1) is 16.8 Å². The standard InChI is InChI=1S/C24H25N3O4/c1-14-6-3-4-7-18(14)26-24(29)21-15(2)25-19-8-5-9-20(28)23(19)22(21)16-10-12-17(13-11-16)27(30)31/h3-4,6-8,10-13,15,21-23,25H,5,9H2,1-2H3,(H,26,29). The number of rotatable bonds is 4. The van der Waals surface area contributed by atoms with E-state index in [0.29, 0.717) is 12.8 Å². The van der Waals surface area contributed by atoms with Gasteiger partial charge in [-0.05, 0) is 37.5 Å². The van der Waals surface area contributed by atoms with Crippen LogP contribution in [-0.4, -0.2) is 22.7 Å². The highest BCUT2D eigenvalue weighted by molar-refractivity contribution is 5.96. The summed E-state index contributed by atoms with van der Waals surface area (Å²) in [6.07, 6.45) is 3.15. The molecule has 1 amide bonds. The van der Waals surface area contributed by atoms with Crippen LogP contribution in [0.15, 0.2) is 60.3 Å². The molecule has 1 saturated heterocycles. The number of amides is 1. The lowest BCUT2D eigenvalue weighted by atomic mass is 9.66. The third-order valence-corrected chi connectivity index (χ3v) is 6.31. The van der Waals surface area contributed by atoms with Gasteiger partial charge in [0.1, 0.15) is 5.78 Å². The largest absolute Gasteiger partial charge is 0.385 e. The molecular formula is C24H25N3O4. The molecule has 2 N–H and O–H groups in total. The van der Waals surface area contributed by atoms with Crippen molar-refractivity contribution >= 4 is 23.1 Å². The van der Waals surface area contributed by atoms with Crippen LogP contribution in [0.2, 0.25) is 0 Å². The SMILES string of the molecule is Cc1ccccc1NC(=O)C1C(C)NC2=CCCC(=O)C2C1c1ccc([N+](=O)[O-])cc1. The summed E-state index contributed by atoms with van der Waals surface area (Å²) in [5.41, 5.74) is 3.28. The van der Waals surface area contributed by atoms with Crippen molar-refractivity contribution in [3.8, 4) is 0 Å². The van der Waals surface area contributed by atoms with E-state index in [9.17, 15) is 19.7 Å². The molecule has 7 nitrogen and oxygen atoms in total. The number of nitrogens with one attached hydrogen (secondary N) is 2. The Labute approximate surface area is 180 Å². The molecule has 7 heteroatoms. The highest BCUT2D eigenvalue weighted by Gasteiger charge is 2.48. The van der Waals surface area contributed by atoms with Gasteiger partial charge in [-0.3, -0.25) is 19.7 Å². The number of hydrogen-bond donors (Lipinski definition) is 2. The zero-order valence-electron chi connectivity index (χ0n) is 17.5. The number of para-hydroxylation sites is 1. The number of piperidine rings is 1. The van der Waals surface area contributed by atoms with E-state index in [0.717, 1.165) is 22.5 Å². The zero-order valence-corrected chi connectivity index (χ0v) is 17.5. The molecule has 0 bridgehead atoms. The summed E-state index contributed by atoms with van der Waals surface area (Å²) >= 11 is 0. The topological polar surface area (TPSA) is 101 Å². The Morgan fingerprint density at radius 1 is 1.16 bits per heavy atom. The lowest BCUT2D eigenvalue weighted by Gasteiger charge is -2.44. The number of Topliss-reactive ketones (excluding diaryl/α,β-unsaturated/α-hetero) is 1. The first-order valence-electron chi connectivity index (χ1n) is 10.5. The van der Waals surface area contributed by atoms with Gasteiger partial charge < -0.3 is 10.6 Å². The minimum atomic E-state index is -0.523. The number of carbonyl (C=O) groups excluding carboxylic acids is 2. The highest BCUT2D eigenvalue weighted by atomic mass is 16.6. The van der Waals surface area contributed by atoms with E-state index in [1.165, 1.54) is 12.1 Å². The third kappa shape index (κ3) is 3.95. The predicted molar refractivity (Wildman–Crippen MR) is 118 cm³/mol. The Kier molecular flexibility index (Phi) is 5.59. The molecule has 1 heterocycles. The van der Waals surface area contributed by atoms with Crippen LogP contribution in [0.3, 0.4) is 0 Å². The number of allylic oxidation sites excluding steroid dienone is 2. The summed E-state index contributed by atoms with van der Waals surface area (Å²) in [5.74, 6) is -1.46. The van der Waals surface area contributed by atoms with Gasteiger partial charge in [-0.25, -0.2) is 0 Å². The first-order valence-corrected chi connectivity index (χ1v) is 10.5. The molecule has 0 saturated carbocycles. The van der Waals surface area contributed by atoms with E-state index < -0.39 is 22.7 Å². The van der Waals surface area contributed by atoms with E-state index in [1.807, 2.05) is 44.2 Å².